The lowest BCUT2D eigenvalue weighted by molar-refractivity contribution is -0.124. The van der Waals surface area contributed by atoms with E-state index in [-0.39, 0.29) is 18.6 Å². The summed E-state index contributed by atoms with van der Waals surface area (Å²) in [6.07, 6.45) is 0.836. The van der Waals surface area contributed by atoms with Gasteiger partial charge in [-0.05, 0) is 64.2 Å². The lowest BCUT2D eigenvalue weighted by Gasteiger charge is -2.21. The summed E-state index contributed by atoms with van der Waals surface area (Å²) in [4.78, 5) is 12.4. The highest BCUT2D eigenvalue weighted by Crippen LogP contribution is 2.28. The molecule has 0 spiro atoms. The largest absolute Gasteiger partial charge is 0.497 e. The second kappa shape index (κ2) is 9.83. The van der Waals surface area contributed by atoms with Gasteiger partial charge in [-0.25, -0.2) is 0 Å². The number of benzene rings is 2. The normalized spacial score (nSPS) is 11.9. The van der Waals surface area contributed by atoms with Gasteiger partial charge >= 0.3 is 0 Å². The van der Waals surface area contributed by atoms with Crippen molar-refractivity contribution in [3.63, 3.8) is 0 Å². The Balaban J connectivity index is 2.01. The molecule has 1 atom stereocenters. The van der Waals surface area contributed by atoms with Crippen molar-refractivity contribution in [2.75, 3.05) is 13.7 Å². The van der Waals surface area contributed by atoms with Crippen molar-refractivity contribution in [2.24, 2.45) is 5.92 Å². The van der Waals surface area contributed by atoms with Crippen LogP contribution in [0.15, 0.2) is 46.9 Å². The van der Waals surface area contributed by atoms with Crippen LogP contribution in [0.2, 0.25) is 5.02 Å². The van der Waals surface area contributed by atoms with E-state index in [2.05, 4.69) is 35.1 Å². The Morgan fingerprint density at radius 3 is 2.46 bits per heavy atom. The number of hydrogen-bond donors (Lipinski definition) is 1. The average molecular weight is 441 g/mol. The maximum absolute atomic E-state index is 12.4. The number of amides is 1. The first-order valence-corrected chi connectivity index (χ1v) is 9.57. The topological polar surface area (TPSA) is 47.6 Å². The molecule has 1 N–H and O–H groups in total. The van der Waals surface area contributed by atoms with Crippen molar-refractivity contribution >= 4 is 33.4 Å². The number of carbonyl (C=O) groups excluding carboxylic acids is 1. The Morgan fingerprint density at radius 2 is 1.88 bits per heavy atom. The van der Waals surface area contributed by atoms with E-state index >= 15 is 0 Å². The molecule has 0 bridgehead atoms. The van der Waals surface area contributed by atoms with Gasteiger partial charge in [-0.15, -0.1) is 0 Å². The molecular weight excluding hydrogens is 418 g/mol. The molecule has 26 heavy (non-hydrogen) atoms. The first-order valence-electron chi connectivity index (χ1n) is 8.40. The van der Waals surface area contributed by atoms with Crippen LogP contribution in [-0.4, -0.2) is 19.6 Å². The molecule has 2 aromatic rings. The van der Waals surface area contributed by atoms with E-state index in [9.17, 15) is 4.79 Å². The van der Waals surface area contributed by atoms with Crippen LogP contribution in [0.1, 0.15) is 31.9 Å². The quantitative estimate of drug-likeness (QED) is 0.598. The number of carbonyl (C=O) groups is 1. The van der Waals surface area contributed by atoms with Gasteiger partial charge < -0.3 is 14.8 Å². The molecule has 1 amide bonds. The van der Waals surface area contributed by atoms with Crippen LogP contribution in [0.5, 0.6) is 11.5 Å². The van der Waals surface area contributed by atoms with Gasteiger partial charge in [0.25, 0.3) is 5.91 Å². The van der Waals surface area contributed by atoms with Crippen LogP contribution in [0.4, 0.5) is 0 Å². The minimum absolute atomic E-state index is 0.0645. The number of ether oxygens (including phenoxy) is 2. The molecule has 4 nitrogen and oxygen atoms in total. The average Bonchev–Trinajstić information content (AvgIpc) is 2.60. The Morgan fingerprint density at radius 1 is 1.19 bits per heavy atom. The Labute approximate surface area is 168 Å². The van der Waals surface area contributed by atoms with Crippen LogP contribution >= 0.6 is 27.5 Å². The number of hydrogen-bond acceptors (Lipinski definition) is 3. The fourth-order valence-corrected chi connectivity index (χ4v) is 3.35. The summed E-state index contributed by atoms with van der Waals surface area (Å²) in [6, 6.07) is 12.9. The second-order valence-electron chi connectivity index (χ2n) is 6.39. The molecule has 140 valence electrons. The monoisotopic (exact) mass is 439 g/mol. The van der Waals surface area contributed by atoms with Crippen molar-refractivity contribution < 1.29 is 14.3 Å². The molecule has 0 aromatic heterocycles. The van der Waals surface area contributed by atoms with E-state index in [0.29, 0.717) is 21.2 Å². The molecule has 0 radical (unpaired) electrons. The number of rotatable bonds is 8. The fourth-order valence-electron chi connectivity index (χ4n) is 2.56. The van der Waals surface area contributed by atoms with Gasteiger partial charge in [0.05, 0.1) is 17.6 Å². The third-order valence-corrected chi connectivity index (χ3v) is 4.67. The summed E-state index contributed by atoms with van der Waals surface area (Å²) in [6.45, 7) is 4.19. The van der Waals surface area contributed by atoms with Crippen LogP contribution in [-0.2, 0) is 4.79 Å². The van der Waals surface area contributed by atoms with Crippen molar-refractivity contribution in [1.82, 2.24) is 5.32 Å². The van der Waals surface area contributed by atoms with E-state index in [0.717, 1.165) is 17.7 Å². The number of methoxy groups -OCH3 is 1. The van der Waals surface area contributed by atoms with Gasteiger partial charge in [0, 0.05) is 5.02 Å². The zero-order valence-corrected chi connectivity index (χ0v) is 17.4. The molecule has 0 unspecified atom stereocenters. The van der Waals surface area contributed by atoms with Crippen molar-refractivity contribution in [3.05, 3.63) is 57.5 Å². The highest BCUT2D eigenvalue weighted by Gasteiger charge is 2.17. The Bertz CT molecular complexity index is 734. The summed E-state index contributed by atoms with van der Waals surface area (Å²) in [5.74, 6) is 1.63. The van der Waals surface area contributed by atoms with Gasteiger partial charge in [-0.2, -0.15) is 0 Å². The highest BCUT2D eigenvalue weighted by atomic mass is 79.9. The molecule has 2 aromatic carbocycles. The van der Waals surface area contributed by atoms with E-state index in [1.54, 1.807) is 25.3 Å². The summed E-state index contributed by atoms with van der Waals surface area (Å²) < 4.78 is 11.5. The second-order valence-corrected chi connectivity index (χ2v) is 7.68. The van der Waals surface area contributed by atoms with Crippen LogP contribution < -0.4 is 14.8 Å². The zero-order valence-electron chi connectivity index (χ0n) is 15.1. The molecule has 0 aliphatic rings. The number of nitrogens with one attached hydrogen (secondary N) is 1. The van der Waals surface area contributed by atoms with E-state index in [1.807, 2.05) is 24.3 Å². The molecule has 0 fully saturated rings. The maximum Gasteiger partial charge on any atom is 0.258 e. The highest BCUT2D eigenvalue weighted by molar-refractivity contribution is 9.10. The van der Waals surface area contributed by atoms with Crippen LogP contribution in [0.25, 0.3) is 0 Å². The zero-order chi connectivity index (χ0) is 19.1. The molecule has 0 saturated heterocycles. The van der Waals surface area contributed by atoms with E-state index in [1.165, 1.54) is 0 Å². The molecule has 0 heterocycles. The first-order chi connectivity index (χ1) is 12.4. The van der Waals surface area contributed by atoms with Crippen LogP contribution in [0, 0.1) is 5.92 Å². The third-order valence-electron chi connectivity index (χ3n) is 3.81. The standard InChI is InChI=1S/C20H23BrClNO3/c1-13(2)10-18(14-4-7-16(25-3)8-5-14)23-20(24)12-26-19-9-6-15(22)11-17(19)21/h4-9,11,13,18H,10,12H2,1-3H3,(H,23,24)/t18-/m1/s1. The van der Waals surface area contributed by atoms with Crippen molar-refractivity contribution in [2.45, 2.75) is 26.3 Å². The van der Waals surface area contributed by atoms with Gasteiger partial charge in [0.2, 0.25) is 0 Å². The van der Waals surface area contributed by atoms with Crippen LogP contribution in [0.3, 0.4) is 0 Å². The minimum Gasteiger partial charge on any atom is -0.497 e. The van der Waals surface area contributed by atoms with Gasteiger partial charge in [0.15, 0.2) is 6.61 Å². The predicted octanol–water partition coefficient (Wildman–Crippen LogP) is 5.39. The Kier molecular flexibility index (Phi) is 7.79. The van der Waals surface area contributed by atoms with E-state index in [4.69, 9.17) is 21.1 Å². The molecule has 0 aliphatic carbocycles. The lowest BCUT2D eigenvalue weighted by atomic mass is 9.97. The van der Waals surface area contributed by atoms with Crippen molar-refractivity contribution in [1.29, 1.82) is 0 Å². The molecule has 0 saturated carbocycles. The third kappa shape index (κ3) is 6.22. The predicted molar refractivity (Wildman–Crippen MR) is 108 cm³/mol. The lowest BCUT2D eigenvalue weighted by Crippen LogP contribution is -2.33. The summed E-state index contributed by atoms with van der Waals surface area (Å²) in [5, 5.41) is 3.66. The SMILES string of the molecule is COc1ccc([C@@H](CC(C)C)NC(=O)COc2ccc(Cl)cc2Br)cc1. The first kappa shape index (κ1) is 20.6. The summed E-state index contributed by atoms with van der Waals surface area (Å²) in [7, 11) is 1.63. The summed E-state index contributed by atoms with van der Waals surface area (Å²) in [5.41, 5.74) is 1.04. The Hall–Kier alpha value is -1.72. The molecule has 2 rings (SSSR count). The smallest absolute Gasteiger partial charge is 0.258 e. The maximum atomic E-state index is 12.4. The summed E-state index contributed by atoms with van der Waals surface area (Å²) >= 11 is 9.29. The molecule has 6 heteroatoms. The minimum atomic E-state index is -0.173. The van der Waals surface area contributed by atoms with Gasteiger partial charge in [-0.3, -0.25) is 4.79 Å². The molecular formula is C20H23BrClNO3. The molecule has 0 aliphatic heterocycles. The number of halogens is 2. The van der Waals surface area contributed by atoms with Gasteiger partial charge in [-0.1, -0.05) is 37.6 Å². The van der Waals surface area contributed by atoms with E-state index < -0.39 is 0 Å². The fraction of sp³-hybridized carbons (Fsp3) is 0.350. The van der Waals surface area contributed by atoms with Crippen molar-refractivity contribution in [3.8, 4) is 11.5 Å². The van der Waals surface area contributed by atoms with Gasteiger partial charge in [0.1, 0.15) is 11.5 Å².